The van der Waals surface area contributed by atoms with E-state index in [0.717, 1.165) is 12.5 Å². The molecule has 0 bridgehead atoms. The second kappa shape index (κ2) is 5.41. The molecule has 3 nitrogen and oxygen atoms in total. The van der Waals surface area contributed by atoms with Gasteiger partial charge in [-0.25, -0.2) is 8.78 Å². The highest BCUT2D eigenvalue weighted by Gasteiger charge is 2.62. The van der Waals surface area contributed by atoms with Crippen LogP contribution < -0.4 is 5.32 Å². The van der Waals surface area contributed by atoms with Gasteiger partial charge < -0.3 is 5.32 Å². The fraction of sp³-hybridized carbons (Fsp3) is 0.333. The van der Waals surface area contributed by atoms with Crippen molar-refractivity contribution in [2.24, 2.45) is 5.41 Å². The van der Waals surface area contributed by atoms with Gasteiger partial charge in [0.15, 0.2) is 0 Å². The molecule has 0 saturated heterocycles. The average molecular weight is 316 g/mol. The highest BCUT2D eigenvalue weighted by Crippen LogP contribution is 2.64. The summed E-state index contributed by atoms with van der Waals surface area (Å²) in [7, 11) is 0. The molecule has 1 N–H and O–H groups in total. The number of halogens is 2. The zero-order chi connectivity index (χ0) is 16.7. The zero-order valence-corrected chi connectivity index (χ0v) is 13.1. The lowest BCUT2D eigenvalue weighted by Crippen LogP contribution is -2.35. The van der Waals surface area contributed by atoms with Crippen LogP contribution in [0.2, 0.25) is 0 Å². The Balaban J connectivity index is 1.82. The van der Waals surface area contributed by atoms with Crippen molar-refractivity contribution in [3.05, 3.63) is 65.5 Å². The van der Waals surface area contributed by atoms with Crippen molar-refractivity contribution < 1.29 is 13.6 Å². The van der Waals surface area contributed by atoms with Gasteiger partial charge in [0.05, 0.1) is 5.56 Å². The van der Waals surface area contributed by atoms with Gasteiger partial charge in [0.25, 0.3) is 5.91 Å². The Kier molecular flexibility index (Phi) is 3.66. The van der Waals surface area contributed by atoms with Gasteiger partial charge in [-0.3, -0.25) is 9.78 Å². The minimum atomic E-state index is -0.598. The van der Waals surface area contributed by atoms with Gasteiger partial charge in [0.1, 0.15) is 11.6 Å². The van der Waals surface area contributed by atoms with Crippen LogP contribution >= 0.6 is 0 Å². The Morgan fingerprint density at radius 1 is 1.30 bits per heavy atom. The predicted molar refractivity (Wildman–Crippen MR) is 83.0 cm³/mol. The molecule has 1 aromatic carbocycles. The lowest BCUT2D eigenvalue weighted by atomic mass is 9.87. The SMILES string of the molecule is CC1(C)CC1(CNC(=O)c1cccnc1)c1ccc(F)cc1F. The van der Waals surface area contributed by atoms with Gasteiger partial charge in [0.2, 0.25) is 0 Å². The molecule has 1 amide bonds. The number of nitrogens with one attached hydrogen (secondary N) is 1. The van der Waals surface area contributed by atoms with Crippen LogP contribution in [-0.4, -0.2) is 17.4 Å². The molecule has 0 radical (unpaired) electrons. The van der Waals surface area contributed by atoms with Gasteiger partial charge in [-0.1, -0.05) is 19.9 Å². The Bertz CT molecular complexity index is 746. The molecule has 1 atom stereocenters. The minimum Gasteiger partial charge on any atom is -0.351 e. The first-order chi connectivity index (χ1) is 10.9. The Morgan fingerprint density at radius 3 is 2.61 bits per heavy atom. The molecule has 120 valence electrons. The van der Waals surface area contributed by atoms with Gasteiger partial charge in [-0.2, -0.15) is 0 Å². The third-order valence-electron chi connectivity index (χ3n) is 4.84. The van der Waals surface area contributed by atoms with E-state index in [9.17, 15) is 13.6 Å². The van der Waals surface area contributed by atoms with Gasteiger partial charge in [-0.15, -0.1) is 0 Å². The van der Waals surface area contributed by atoms with Crippen molar-refractivity contribution >= 4 is 5.91 Å². The Labute approximate surface area is 133 Å². The molecule has 0 spiro atoms. The topological polar surface area (TPSA) is 42.0 Å². The number of benzene rings is 1. The minimum absolute atomic E-state index is 0.159. The number of aromatic nitrogens is 1. The van der Waals surface area contributed by atoms with Gasteiger partial charge in [0, 0.05) is 30.4 Å². The zero-order valence-electron chi connectivity index (χ0n) is 13.1. The number of carbonyl (C=O) groups is 1. The van der Waals surface area contributed by atoms with Crippen molar-refractivity contribution in [2.75, 3.05) is 6.54 Å². The van der Waals surface area contributed by atoms with Crippen molar-refractivity contribution in [3.63, 3.8) is 0 Å². The highest BCUT2D eigenvalue weighted by molar-refractivity contribution is 5.93. The van der Waals surface area contributed by atoms with Crippen molar-refractivity contribution in [2.45, 2.75) is 25.7 Å². The molecule has 5 heteroatoms. The molecule has 1 unspecified atom stereocenters. The maximum Gasteiger partial charge on any atom is 0.252 e. The quantitative estimate of drug-likeness (QED) is 0.938. The van der Waals surface area contributed by atoms with E-state index < -0.39 is 17.0 Å². The smallest absolute Gasteiger partial charge is 0.252 e. The first-order valence-corrected chi connectivity index (χ1v) is 7.49. The molecule has 1 heterocycles. The average Bonchev–Trinajstić information content (AvgIpc) is 3.08. The van der Waals surface area contributed by atoms with E-state index in [1.165, 1.54) is 18.3 Å². The number of amides is 1. The second-order valence-electron chi connectivity index (χ2n) is 6.69. The fourth-order valence-corrected chi connectivity index (χ4v) is 3.27. The molecular weight excluding hydrogens is 298 g/mol. The summed E-state index contributed by atoms with van der Waals surface area (Å²) in [6, 6.07) is 7.00. The molecule has 3 rings (SSSR count). The maximum absolute atomic E-state index is 14.2. The van der Waals surface area contributed by atoms with Crippen LogP contribution in [0.1, 0.15) is 36.2 Å². The number of hydrogen-bond donors (Lipinski definition) is 1. The van der Waals surface area contributed by atoms with E-state index in [0.29, 0.717) is 17.7 Å². The Hall–Kier alpha value is -2.30. The lowest BCUT2D eigenvalue weighted by molar-refractivity contribution is 0.0947. The molecule has 0 aliphatic heterocycles. The highest BCUT2D eigenvalue weighted by atomic mass is 19.1. The number of nitrogens with zero attached hydrogens (tertiary/aromatic N) is 1. The predicted octanol–water partition coefficient (Wildman–Crippen LogP) is 3.46. The first kappa shape index (κ1) is 15.6. The number of hydrogen-bond acceptors (Lipinski definition) is 2. The van der Waals surface area contributed by atoms with Crippen LogP contribution in [-0.2, 0) is 5.41 Å². The summed E-state index contributed by atoms with van der Waals surface area (Å²) in [5.74, 6) is -1.41. The van der Waals surface area contributed by atoms with Gasteiger partial charge >= 0.3 is 0 Å². The first-order valence-electron chi connectivity index (χ1n) is 7.49. The standard InChI is InChI=1S/C18H18F2N2O/c1-17(2)10-18(17,14-6-5-13(19)8-15(14)20)11-22-16(23)12-4-3-7-21-9-12/h3-9H,10-11H2,1-2H3,(H,22,23). The summed E-state index contributed by atoms with van der Waals surface area (Å²) in [5.41, 5.74) is 0.243. The molecule has 1 aliphatic carbocycles. The summed E-state index contributed by atoms with van der Waals surface area (Å²) in [6.07, 6.45) is 3.81. The Morgan fingerprint density at radius 2 is 2.04 bits per heavy atom. The third kappa shape index (κ3) is 2.71. The normalized spacial score (nSPS) is 21.7. The van der Waals surface area contributed by atoms with Crippen molar-refractivity contribution in [1.29, 1.82) is 0 Å². The largest absolute Gasteiger partial charge is 0.351 e. The van der Waals surface area contributed by atoms with E-state index >= 15 is 0 Å². The molecule has 1 fully saturated rings. The molecule has 1 saturated carbocycles. The van der Waals surface area contributed by atoms with Crippen LogP contribution in [0.5, 0.6) is 0 Å². The van der Waals surface area contributed by atoms with Crippen LogP contribution in [0.4, 0.5) is 8.78 Å². The molecule has 2 aromatic rings. The van der Waals surface area contributed by atoms with E-state index in [4.69, 9.17) is 0 Å². The molecule has 1 aromatic heterocycles. The summed E-state index contributed by atoms with van der Waals surface area (Å²) in [5, 5.41) is 2.86. The summed E-state index contributed by atoms with van der Waals surface area (Å²) in [6.45, 7) is 4.34. The van der Waals surface area contributed by atoms with Crippen LogP contribution in [0, 0.1) is 17.0 Å². The number of rotatable bonds is 4. The van der Waals surface area contributed by atoms with Crippen molar-refractivity contribution in [1.82, 2.24) is 10.3 Å². The lowest BCUT2D eigenvalue weighted by Gasteiger charge is -2.22. The summed E-state index contributed by atoms with van der Waals surface area (Å²) < 4.78 is 27.4. The number of carbonyl (C=O) groups excluding carboxylic acids is 1. The molecular formula is C18H18F2N2O. The fourth-order valence-electron chi connectivity index (χ4n) is 3.27. The van der Waals surface area contributed by atoms with Crippen molar-refractivity contribution in [3.8, 4) is 0 Å². The van der Waals surface area contributed by atoms with Crippen LogP contribution in [0.25, 0.3) is 0 Å². The summed E-state index contributed by atoms with van der Waals surface area (Å²) >= 11 is 0. The number of pyridine rings is 1. The van der Waals surface area contributed by atoms with Crippen LogP contribution in [0.3, 0.4) is 0 Å². The second-order valence-corrected chi connectivity index (χ2v) is 6.69. The molecule has 23 heavy (non-hydrogen) atoms. The van der Waals surface area contributed by atoms with Gasteiger partial charge in [-0.05, 0) is 35.6 Å². The monoisotopic (exact) mass is 316 g/mol. The van der Waals surface area contributed by atoms with E-state index in [1.54, 1.807) is 18.3 Å². The summed E-state index contributed by atoms with van der Waals surface area (Å²) in [4.78, 5) is 16.1. The van der Waals surface area contributed by atoms with E-state index in [2.05, 4.69) is 10.3 Å². The van der Waals surface area contributed by atoms with Crippen LogP contribution in [0.15, 0.2) is 42.7 Å². The third-order valence-corrected chi connectivity index (χ3v) is 4.84. The maximum atomic E-state index is 14.2. The van der Waals surface area contributed by atoms with E-state index in [-0.39, 0.29) is 11.3 Å². The molecule has 1 aliphatic rings. The van der Waals surface area contributed by atoms with E-state index in [1.807, 2.05) is 13.8 Å².